The van der Waals surface area contributed by atoms with Crippen molar-refractivity contribution in [3.05, 3.63) is 76.2 Å². The van der Waals surface area contributed by atoms with Crippen LogP contribution in [0.1, 0.15) is 41.2 Å². The van der Waals surface area contributed by atoms with Crippen molar-refractivity contribution in [2.75, 3.05) is 6.61 Å². The second-order valence-electron chi connectivity index (χ2n) is 9.04. The van der Waals surface area contributed by atoms with E-state index < -0.39 is 29.6 Å². The summed E-state index contributed by atoms with van der Waals surface area (Å²) in [6.07, 6.45) is 2.46. The Morgan fingerprint density at radius 1 is 1.09 bits per heavy atom. The fourth-order valence-corrected chi connectivity index (χ4v) is 5.29. The Bertz CT molecular complexity index is 1210. The number of carbonyl (C=O) groups excluding carboxylic acids is 2. The van der Waals surface area contributed by atoms with Gasteiger partial charge in [-0.1, -0.05) is 48.5 Å². The molecule has 9 heteroatoms. The lowest BCUT2D eigenvalue weighted by Gasteiger charge is -2.20. The van der Waals surface area contributed by atoms with E-state index in [4.69, 9.17) is 4.74 Å². The largest absolute Gasteiger partial charge is 0.480 e. The molecule has 3 aromatic rings. The molecule has 2 aliphatic carbocycles. The summed E-state index contributed by atoms with van der Waals surface area (Å²) < 4.78 is 5.61. The van der Waals surface area contributed by atoms with Gasteiger partial charge >= 0.3 is 12.1 Å². The minimum absolute atomic E-state index is 0.00364. The fraction of sp³-hybridized carbons (Fsp3) is 0.308. The number of aromatic nitrogens is 1. The fourth-order valence-electron chi connectivity index (χ4n) is 4.64. The van der Waals surface area contributed by atoms with Gasteiger partial charge in [-0.3, -0.25) is 9.78 Å². The van der Waals surface area contributed by atoms with Crippen LogP contribution in [0.25, 0.3) is 11.1 Å². The average Bonchev–Trinajstić information content (AvgIpc) is 3.26. The zero-order valence-electron chi connectivity index (χ0n) is 18.9. The molecule has 180 valence electrons. The average molecular weight is 492 g/mol. The van der Waals surface area contributed by atoms with E-state index in [-0.39, 0.29) is 25.4 Å². The van der Waals surface area contributed by atoms with Crippen LogP contribution in [0.15, 0.2) is 60.2 Å². The highest BCUT2D eigenvalue weighted by molar-refractivity contribution is 7.09. The number of benzene rings is 2. The summed E-state index contributed by atoms with van der Waals surface area (Å²) in [5.41, 5.74) is 5.48. The summed E-state index contributed by atoms with van der Waals surface area (Å²) in [6.45, 7) is 0.193. The highest BCUT2D eigenvalue weighted by atomic mass is 32.1. The van der Waals surface area contributed by atoms with Crippen LogP contribution in [0.4, 0.5) is 4.79 Å². The number of nitrogens with one attached hydrogen (secondary N) is 2. The van der Waals surface area contributed by atoms with Crippen molar-refractivity contribution >= 4 is 29.3 Å². The number of carboxylic acids is 1. The molecule has 0 spiro atoms. The van der Waals surface area contributed by atoms with Gasteiger partial charge < -0.3 is 20.5 Å². The van der Waals surface area contributed by atoms with Gasteiger partial charge in [0.25, 0.3) is 0 Å². The predicted octanol–water partition coefficient (Wildman–Crippen LogP) is 3.72. The van der Waals surface area contributed by atoms with Crippen molar-refractivity contribution in [3.63, 3.8) is 0 Å². The van der Waals surface area contributed by atoms with Crippen LogP contribution in [-0.4, -0.2) is 46.2 Å². The maximum absolute atomic E-state index is 12.6. The van der Waals surface area contributed by atoms with Gasteiger partial charge in [-0.2, -0.15) is 0 Å². The van der Waals surface area contributed by atoms with E-state index in [1.165, 1.54) is 11.3 Å². The Hall–Kier alpha value is -3.72. The van der Waals surface area contributed by atoms with E-state index >= 15 is 0 Å². The van der Waals surface area contributed by atoms with Crippen LogP contribution < -0.4 is 10.6 Å². The van der Waals surface area contributed by atoms with E-state index in [2.05, 4.69) is 39.9 Å². The van der Waals surface area contributed by atoms with Crippen molar-refractivity contribution in [2.45, 2.75) is 43.2 Å². The first-order valence-electron chi connectivity index (χ1n) is 11.5. The summed E-state index contributed by atoms with van der Waals surface area (Å²) >= 11 is 1.34. The van der Waals surface area contributed by atoms with Gasteiger partial charge in [0.2, 0.25) is 5.91 Å². The summed E-state index contributed by atoms with van der Waals surface area (Å²) in [5, 5.41) is 14.9. The maximum atomic E-state index is 12.6. The van der Waals surface area contributed by atoms with Gasteiger partial charge in [0.15, 0.2) is 0 Å². The molecule has 3 N–H and O–H groups in total. The van der Waals surface area contributed by atoms with Gasteiger partial charge in [-0.05, 0) is 35.1 Å². The number of amides is 2. The van der Waals surface area contributed by atoms with Crippen LogP contribution in [0, 0.1) is 0 Å². The van der Waals surface area contributed by atoms with Crippen molar-refractivity contribution in [2.24, 2.45) is 0 Å². The molecule has 1 aromatic heterocycles. The molecule has 1 heterocycles. The molecule has 8 nitrogen and oxygen atoms in total. The molecule has 1 unspecified atom stereocenters. The number of hydrogen-bond acceptors (Lipinski definition) is 6. The number of thiazole rings is 1. The number of carboxylic acid groups (broad SMARTS) is 1. The number of fused-ring (bicyclic) bond motifs is 3. The number of nitrogens with zero attached hydrogens (tertiary/aromatic N) is 1. The third-order valence-corrected chi connectivity index (χ3v) is 7.39. The number of rotatable bonds is 9. The molecule has 0 radical (unpaired) electrons. The zero-order chi connectivity index (χ0) is 24.4. The van der Waals surface area contributed by atoms with Gasteiger partial charge in [0.1, 0.15) is 12.6 Å². The van der Waals surface area contributed by atoms with E-state index in [0.29, 0.717) is 12.8 Å². The summed E-state index contributed by atoms with van der Waals surface area (Å²) in [5.74, 6) is -1.57. The molecule has 2 amide bonds. The third kappa shape index (κ3) is 5.05. The van der Waals surface area contributed by atoms with E-state index in [1.54, 1.807) is 11.7 Å². The van der Waals surface area contributed by atoms with Crippen LogP contribution in [0.2, 0.25) is 0 Å². The van der Waals surface area contributed by atoms with E-state index in [0.717, 1.165) is 27.1 Å². The smallest absolute Gasteiger partial charge is 0.407 e. The quantitative estimate of drug-likeness (QED) is 0.420. The summed E-state index contributed by atoms with van der Waals surface area (Å²) in [4.78, 5) is 41.5. The number of alkyl carbamates (subject to hydrolysis) is 1. The first kappa shape index (κ1) is 23.0. The second-order valence-corrected chi connectivity index (χ2v) is 10.0. The van der Waals surface area contributed by atoms with Crippen molar-refractivity contribution in [1.82, 2.24) is 15.6 Å². The number of hydrogen-bond donors (Lipinski definition) is 3. The monoisotopic (exact) mass is 491 g/mol. The van der Waals surface area contributed by atoms with Crippen LogP contribution >= 0.6 is 11.3 Å². The van der Waals surface area contributed by atoms with E-state index in [1.807, 2.05) is 24.3 Å². The van der Waals surface area contributed by atoms with E-state index in [9.17, 15) is 19.5 Å². The van der Waals surface area contributed by atoms with Gasteiger partial charge in [0.05, 0.1) is 11.0 Å². The molecule has 1 saturated carbocycles. The lowest BCUT2D eigenvalue weighted by Crippen LogP contribution is -2.46. The Morgan fingerprint density at radius 2 is 1.74 bits per heavy atom. The highest BCUT2D eigenvalue weighted by Crippen LogP contribution is 2.44. The normalized spacial score (nSPS) is 16.0. The first-order chi connectivity index (χ1) is 16.9. The Morgan fingerprint density at radius 3 is 2.31 bits per heavy atom. The van der Waals surface area contributed by atoms with Crippen molar-refractivity contribution in [1.29, 1.82) is 0 Å². The van der Waals surface area contributed by atoms with Crippen LogP contribution in [0.5, 0.6) is 0 Å². The standard InChI is InChI=1S/C26H25N3O5S/c30-23(28-22(24(31)32)11-16-13-27-15-35-16)12-26(9-10-26)29-25(33)34-14-21-19-7-3-1-5-17(19)18-6-2-4-8-20(18)21/h1-8,13,15,21-22H,9-12,14H2,(H,28,30)(H,29,33)(H,31,32). The molecule has 0 bridgehead atoms. The predicted molar refractivity (Wildman–Crippen MR) is 130 cm³/mol. The molecule has 2 aliphatic rings. The van der Waals surface area contributed by atoms with Gasteiger partial charge in [-0.15, -0.1) is 11.3 Å². The minimum Gasteiger partial charge on any atom is -0.480 e. The number of carbonyl (C=O) groups is 3. The molecular formula is C26H25N3O5S. The van der Waals surface area contributed by atoms with Crippen LogP contribution in [0.3, 0.4) is 0 Å². The summed E-state index contributed by atoms with van der Waals surface area (Å²) in [6, 6.07) is 15.2. The van der Waals surface area contributed by atoms with Crippen molar-refractivity contribution in [3.8, 4) is 11.1 Å². The molecular weight excluding hydrogens is 466 g/mol. The molecule has 2 aromatic carbocycles. The second kappa shape index (κ2) is 9.50. The molecule has 1 fully saturated rings. The van der Waals surface area contributed by atoms with Crippen molar-refractivity contribution < 1.29 is 24.2 Å². The Labute approximate surface area is 206 Å². The SMILES string of the molecule is O=C(CC1(NC(=O)OCC2c3ccccc3-c3ccccc32)CC1)NC(Cc1cncs1)C(=O)O. The van der Waals surface area contributed by atoms with Crippen LogP contribution in [-0.2, 0) is 20.7 Å². The first-order valence-corrected chi connectivity index (χ1v) is 12.3. The minimum atomic E-state index is -1.11. The summed E-state index contributed by atoms with van der Waals surface area (Å²) in [7, 11) is 0. The molecule has 0 saturated heterocycles. The number of ether oxygens (including phenoxy) is 1. The highest BCUT2D eigenvalue weighted by Gasteiger charge is 2.46. The van der Waals surface area contributed by atoms with Gasteiger partial charge in [0, 0.05) is 29.8 Å². The molecule has 1 atom stereocenters. The maximum Gasteiger partial charge on any atom is 0.407 e. The molecule has 35 heavy (non-hydrogen) atoms. The zero-order valence-corrected chi connectivity index (χ0v) is 19.7. The number of aliphatic carboxylic acids is 1. The Kier molecular flexibility index (Phi) is 6.25. The lowest BCUT2D eigenvalue weighted by atomic mass is 9.98. The topological polar surface area (TPSA) is 118 Å². The molecule has 5 rings (SSSR count). The Balaban J connectivity index is 1.16. The lowest BCUT2D eigenvalue weighted by molar-refractivity contribution is -0.141. The van der Waals surface area contributed by atoms with Gasteiger partial charge in [-0.25, -0.2) is 9.59 Å². The molecule has 0 aliphatic heterocycles. The third-order valence-electron chi connectivity index (χ3n) is 6.59.